The van der Waals surface area contributed by atoms with Crippen LogP contribution in [0.25, 0.3) is 0 Å². The third-order valence-corrected chi connectivity index (χ3v) is 7.06. The Hall–Kier alpha value is -1.99. The fourth-order valence-corrected chi connectivity index (χ4v) is 5.03. The van der Waals surface area contributed by atoms with Gasteiger partial charge in [-0.2, -0.15) is 0 Å². The molecule has 2 aromatic carbocycles. The fourth-order valence-electron chi connectivity index (χ4n) is 2.91. The summed E-state index contributed by atoms with van der Waals surface area (Å²) < 4.78 is 28.5. The lowest BCUT2D eigenvalue weighted by molar-refractivity contribution is -0.116. The molecule has 0 spiro atoms. The van der Waals surface area contributed by atoms with Gasteiger partial charge < -0.3 is 4.90 Å². The Balaban J connectivity index is 2.01. The van der Waals surface area contributed by atoms with Crippen molar-refractivity contribution in [2.24, 2.45) is 0 Å². The Morgan fingerprint density at radius 2 is 1.96 bits per heavy atom. The Kier molecular flexibility index (Phi) is 5.29. The Morgan fingerprint density at radius 1 is 1.19 bits per heavy atom. The van der Waals surface area contributed by atoms with E-state index in [9.17, 15) is 13.2 Å². The summed E-state index contributed by atoms with van der Waals surface area (Å²) in [5.74, 6) is 0.828. The normalized spacial score (nSPS) is 14.5. The SMILES string of the molecule is CC(=O)N1CCCSc2ccc(S(=O)(=O)Nc3cccc(C)c3C)cc21. The quantitative estimate of drug-likeness (QED) is 0.862. The lowest BCUT2D eigenvalue weighted by Crippen LogP contribution is -2.29. The van der Waals surface area contributed by atoms with Crippen LogP contribution in [-0.2, 0) is 14.8 Å². The van der Waals surface area contributed by atoms with E-state index in [-0.39, 0.29) is 10.8 Å². The van der Waals surface area contributed by atoms with E-state index >= 15 is 0 Å². The Morgan fingerprint density at radius 3 is 2.69 bits per heavy atom. The predicted octanol–water partition coefficient (Wildman–Crippen LogP) is 3.95. The number of aryl methyl sites for hydroxylation is 1. The van der Waals surface area contributed by atoms with Gasteiger partial charge in [-0.15, -0.1) is 11.8 Å². The number of amides is 1. The number of anilines is 2. The number of sulfonamides is 1. The number of benzene rings is 2. The van der Waals surface area contributed by atoms with E-state index in [2.05, 4.69) is 4.72 Å². The molecular weight excluding hydrogens is 368 g/mol. The zero-order valence-corrected chi connectivity index (χ0v) is 16.7. The minimum Gasteiger partial charge on any atom is -0.311 e. The summed E-state index contributed by atoms with van der Waals surface area (Å²) in [4.78, 5) is 14.8. The molecule has 5 nitrogen and oxygen atoms in total. The molecule has 0 bridgehead atoms. The van der Waals surface area contributed by atoms with E-state index < -0.39 is 10.0 Å². The van der Waals surface area contributed by atoms with Crippen LogP contribution < -0.4 is 9.62 Å². The molecule has 138 valence electrons. The summed E-state index contributed by atoms with van der Waals surface area (Å²) in [5.41, 5.74) is 3.15. The summed E-state index contributed by atoms with van der Waals surface area (Å²) in [7, 11) is -3.74. The molecule has 1 aliphatic heterocycles. The zero-order chi connectivity index (χ0) is 18.9. The molecule has 0 aliphatic carbocycles. The minimum absolute atomic E-state index is 0.0780. The largest absolute Gasteiger partial charge is 0.311 e. The van der Waals surface area contributed by atoms with Crippen molar-refractivity contribution < 1.29 is 13.2 Å². The van der Waals surface area contributed by atoms with Crippen molar-refractivity contribution in [3.63, 3.8) is 0 Å². The topological polar surface area (TPSA) is 66.5 Å². The maximum atomic E-state index is 12.9. The van der Waals surface area contributed by atoms with Gasteiger partial charge in [-0.1, -0.05) is 12.1 Å². The second-order valence-corrected chi connectivity index (χ2v) is 9.17. The number of fused-ring (bicyclic) bond motifs is 1. The van der Waals surface area contributed by atoms with Crippen molar-refractivity contribution in [2.45, 2.75) is 37.0 Å². The van der Waals surface area contributed by atoms with Crippen molar-refractivity contribution >= 4 is 39.1 Å². The van der Waals surface area contributed by atoms with Crippen LogP contribution in [0.15, 0.2) is 46.2 Å². The standard InChI is InChI=1S/C19H22N2O3S2/c1-13-6-4-7-17(14(13)2)20-26(23,24)16-8-9-19-18(12-16)21(15(3)22)10-5-11-25-19/h4,6-9,12,20H,5,10-11H2,1-3H3. The van der Waals surface area contributed by atoms with Gasteiger partial charge in [-0.25, -0.2) is 8.42 Å². The lowest BCUT2D eigenvalue weighted by Gasteiger charge is -2.21. The Bertz CT molecular complexity index is 955. The average molecular weight is 391 g/mol. The maximum absolute atomic E-state index is 12.9. The molecule has 1 N–H and O–H groups in total. The zero-order valence-electron chi connectivity index (χ0n) is 15.1. The highest BCUT2D eigenvalue weighted by Crippen LogP contribution is 2.36. The summed E-state index contributed by atoms with van der Waals surface area (Å²) in [6, 6.07) is 10.5. The van der Waals surface area contributed by atoms with Gasteiger partial charge in [0.15, 0.2) is 0 Å². The number of nitrogens with one attached hydrogen (secondary N) is 1. The first-order valence-electron chi connectivity index (χ1n) is 8.43. The molecule has 0 radical (unpaired) electrons. The smallest absolute Gasteiger partial charge is 0.261 e. The number of hydrogen-bond donors (Lipinski definition) is 1. The highest BCUT2D eigenvalue weighted by Gasteiger charge is 2.23. The highest BCUT2D eigenvalue weighted by atomic mass is 32.2. The molecule has 0 saturated carbocycles. The van der Waals surface area contributed by atoms with Gasteiger partial charge in [0.2, 0.25) is 5.91 Å². The van der Waals surface area contributed by atoms with Gasteiger partial charge in [-0.05, 0) is 61.4 Å². The van der Waals surface area contributed by atoms with Crippen LogP contribution in [0.1, 0.15) is 24.5 Å². The van der Waals surface area contributed by atoms with Crippen molar-refractivity contribution in [3.05, 3.63) is 47.5 Å². The number of rotatable bonds is 3. The first kappa shape index (κ1) is 18.8. The molecule has 26 heavy (non-hydrogen) atoms. The van der Waals surface area contributed by atoms with Crippen molar-refractivity contribution in [2.75, 3.05) is 21.9 Å². The molecule has 0 saturated heterocycles. The molecule has 3 rings (SSSR count). The van der Waals surface area contributed by atoms with E-state index in [1.54, 1.807) is 40.9 Å². The van der Waals surface area contributed by atoms with Gasteiger partial charge in [0.05, 0.1) is 16.3 Å². The molecule has 0 fully saturated rings. The van der Waals surface area contributed by atoms with E-state index in [1.807, 2.05) is 26.0 Å². The molecule has 0 atom stereocenters. The van der Waals surface area contributed by atoms with Crippen molar-refractivity contribution in [3.8, 4) is 0 Å². The van der Waals surface area contributed by atoms with Gasteiger partial charge in [0, 0.05) is 18.4 Å². The van der Waals surface area contributed by atoms with Crippen LogP contribution in [0.4, 0.5) is 11.4 Å². The first-order chi connectivity index (χ1) is 12.3. The number of carbonyl (C=O) groups is 1. The summed E-state index contributed by atoms with van der Waals surface area (Å²) >= 11 is 1.65. The highest BCUT2D eigenvalue weighted by molar-refractivity contribution is 7.99. The van der Waals surface area contributed by atoms with Gasteiger partial charge >= 0.3 is 0 Å². The summed E-state index contributed by atoms with van der Waals surface area (Å²) in [5, 5.41) is 0. The number of hydrogen-bond acceptors (Lipinski definition) is 4. The van der Waals surface area contributed by atoms with Crippen LogP contribution in [0.3, 0.4) is 0 Å². The maximum Gasteiger partial charge on any atom is 0.261 e. The van der Waals surface area contributed by atoms with E-state index in [0.29, 0.717) is 17.9 Å². The first-order valence-corrected chi connectivity index (χ1v) is 10.9. The van der Waals surface area contributed by atoms with E-state index in [0.717, 1.165) is 28.2 Å². The van der Waals surface area contributed by atoms with Crippen molar-refractivity contribution in [1.29, 1.82) is 0 Å². The Labute approximate surface area is 158 Å². The molecule has 1 aliphatic rings. The van der Waals surface area contributed by atoms with Gasteiger partial charge in [-0.3, -0.25) is 9.52 Å². The molecule has 1 amide bonds. The third-order valence-electron chi connectivity index (χ3n) is 4.54. The molecule has 2 aromatic rings. The van der Waals surface area contributed by atoms with Crippen LogP contribution in [0.2, 0.25) is 0 Å². The van der Waals surface area contributed by atoms with E-state index in [1.165, 1.54) is 6.92 Å². The predicted molar refractivity (Wildman–Crippen MR) is 107 cm³/mol. The molecule has 1 heterocycles. The second kappa shape index (κ2) is 7.32. The summed E-state index contributed by atoms with van der Waals surface area (Å²) in [6.45, 7) is 5.94. The van der Waals surface area contributed by atoms with Crippen LogP contribution in [-0.4, -0.2) is 26.6 Å². The van der Waals surface area contributed by atoms with Gasteiger partial charge in [0.25, 0.3) is 10.0 Å². The molecule has 0 aromatic heterocycles. The summed E-state index contributed by atoms with van der Waals surface area (Å²) in [6.07, 6.45) is 0.877. The van der Waals surface area contributed by atoms with E-state index in [4.69, 9.17) is 0 Å². The van der Waals surface area contributed by atoms with Gasteiger partial charge in [0.1, 0.15) is 0 Å². The third kappa shape index (κ3) is 3.73. The van der Waals surface area contributed by atoms with Crippen LogP contribution in [0.5, 0.6) is 0 Å². The fraction of sp³-hybridized carbons (Fsp3) is 0.316. The van der Waals surface area contributed by atoms with Crippen LogP contribution >= 0.6 is 11.8 Å². The molecular formula is C19H22N2O3S2. The van der Waals surface area contributed by atoms with Crippen molar-refractivity contribution in [1.82, 2.24) is 0 Å². The number of thioether (sulfide) groups is 1. The number of nitrogens with zero attached hydrogens (tertiary/aromatic N) is 1. The average Bonchev–Trinajstić information content (AvgIpc) is 2.80. The lowest BCUT2D eigenvalue weighted by atomic mass is 10.1. The second-order valence-electron chi connectivity index (χ2n) is 6.36. The molecule has 0 unspecified atom stereocenters. The number of carbonyl (C=O) groups excluding carboxylic acids is 1. The minimum atomic E-state index is -3.74. The monoisotopic (exact) mass is 390 g/mol. The van der Waals surface area contributed by atoms with Crippen LogP contribution in [0, 0.1) is 13.8 Å². The molecule has 7 heteroatoms.